The molecule has 0 aromatic heterocycles. The smallest absolute Gasteiger partial charge is 0.340 e. The van der Waals surface area contributed by atoms with Crippen LogP contribution in [0.4, 0.5) is 5.69 Å². The second-order valence-electron chi connectivity index (χ2n) is 5.22. The Balaban J connectivity index is 2.19. The lowest BCUT2D eigenvalue weighted by molar-refractivity contribution is -0.117. The number of methoxy groups -OCH3 is 3. The summed E-state index contributed by atoms with van der Waals surface area (Å²) in [7, 11) is 4.21. The maximum Gasteiger partial charge on any atom is 0.340 e. The van der Waals surface area contributed by atoms with E-state index < -0.39 is 5.97 Å². The standard InChI is InChI=1S/C16H22N2O6/c1-21-13-7-11(16(20)23-3)12(8-14(13)22-2)18-15(19)6-10-9-24-5-4-17-10/h7-8,10,17H,4-6,9H2,1-3H3,(H,18,19). The molecule has 2 rings (SSSR count). The Morgan fingerprint density at radius 1 is 1.25 bits per heavy atom. The van der Waals surface area contributed by atoms with Gasteiger partial charge in [0.1, 0.15) is 0 Å². The molecule has 1 aromatic carbocycles. The Hall–Kier alpha value is -2.32. The highest BCUT2D eigenvalue weighted by Crippen LogP contribution is 2.33. The molecule has 1 heterocycles. The van der Waals surface area contributed by atoms with Crippen molar-refractivity contribution in [3.05, 3.63) is 17.7 Å². The summed E-state index contributed by atoms with van der Waals surface area (Å²) in [6.45, 7) is 1.82. The summed E-state index contributed by atoms with van der Waals surface area (Å²) in [6.07, 6.45) is 0.231. The Labute approximate surface area is 140 Å². The van der Waals surface area contributed by atoms with Gasteiger partial charge in [-0.05, 0) is 0 Å². The summed E-state index contributed by atoms with van der Waals surface area (Å²) in [4.78, 5) is 24.2. The van der Waals surface area contributed by atoms with Crippen molar-refractivity contribution in [3.8, 4) is 11.5 Å². The minimum Gasteiger partial charge on any atom is -0.493 e. The molecule has 0 aliphatic carbocycles. The molecule has 1 aliphatic heterocycles. The quantitative estimate of drug-likeness (QED) is 0.741. The van der Waals surface area contributed by atoms with Crippen LogP contribution in [0, 0.1) is 0 Å². The van der Waals surface area contributed by atoms with E-state index in [0.717, 1.165) is 0 Å². The third kappa shape index (κ3) is 4.36. The van der Waals surface area contributed by atoms with Gasteiger partial charge in [-0.3, -0.25) is 4.79 Å². The lowest BCUT2D eigenvalue weighted by Crippen LogP contribution is -2.43. The number of anilines is 1. The molecule has 132 valence electrons. The zero-order chi connectivity index (χ0) is 17.5. The summed E-state index contributed by atoms with van der Waals surface area (Å²) in [5.41, 5.74) is 0.498. The topological polar surface area (TPSA) is 95.1 Å². The van der Waals surface area contributed by atoms with E-state index in [0.29, 0.717) is 36.9 Å². The van der Waals surface area contributed by atoms with E-state index >= 15 is 0 Å². The molecule has 1 aliphatic rings. The summed E-state index contributed by atoms with van der Waals surface area (Å²) < 4.78 is 20.5. The molecular formula is C16H22N2O6. The first-order valence-electron chi connectivity index (χ1n) is 7.54. The zero-order valence-electron chi connectivity index (χ0n) is 14.0. The number of amides is 1. The fourth-order valence-corrected chi connectivity index (χ4v) is 2.44. The van der Waals surface area contributed by atoms with Crippen molar-refractivity contribution in [2.24, 2.45) is 0 Å². The van der Waals surface area contributed by atoms with Crippen molar-refractivity contribution in [1.29, 1.82) is 0 Å². The maximum atomic E-state index is 12.3. The van der Waals surface area contributed by atoms with Crippen LogP contribution < -0.4 is 20.1 Å². The van der Waals surface area contributed by atoms with Crippen LogP contribution in [0.25, 0.3) is 0 Å². The molecule has 0 saturated carbocycles. The normalized spacial score (nSPS) is 17.0. The lowest BCUT2D eigenvalue weighted by atomic mass is 10.1. The summed E-state index contributed by atoms with van der Waals surface area (Å²) in [5, 5.41) is 5.93. The molecule has 1 aromatic rings. The van der Waals surface area contributed by atoms with Crippen LogP contribution in [0.1, 0.15) is 16.8 Å². The Morgan fingerprint density at radius 2 is 1.96 bits per heavy atom. The number of carbonyl (C=O) groups excluding carboxylic acids is 2. The van der Waals surface area contributed by atoms with Gasteiger partial charge in [-0.25, -0.2) is 4.79 Å². The van der Waals surface area contributed by atoms with Gasteiger partial charge >= 0.3 is 5.97 Å². The molecule has 0 spiro atoms. The van der Waals surface area contributed by atoms with E-state index in [4.69, 9.17) is 18.9 Å². The second kappa shape index (κ2) is 8.51. The van der Waals surface area contributed by atoms with Crippen LogP contribution in [0.3, 0.4) is 0 Å². The predicted octanol–water partition coefficient (Wildman–Crippen LogP) is 0.807. The van der Waals surface area contributed by atoms with E-state index in [9.17, 15) is 9.59 Å². The molecule has 1 unspecified atom stereocenters. The predicted molar refractivity (Wildman–Crippen MR) is 86.7 cm³/mol. The minimum atomic E-state index is -0.578. The highest BCUT2D eigenvalue weighted by atomic mass is 16.5. The first kappa shape index (κ1) is 18.0. The molecule has 24 heavy (non-hydrogen) atoms. The van der Waals surface area contributed by atoms with Gasteiger partial charge in [-0.1, -0.05) is 0 Å². The summed E-state index contributed by atoms with van der Waals surface area (Å²) in [6, 6.07) is 2.95. The van der Waals surface area contributed by atoms with Gasteiger partial charge in [0.2, 0.25) is 5.91 Å². The van der Waals surface area contributed by atoms with Crippen molar-refractivity contribution >= 4 is 17.6 Å². The summed E-state index contributed by atoms with van der Waals surface area (Å²) >= 11 is 0. The molecule has 0 radical (unpaired) electrons. The van der Waals surface area contributed by atoms with Crippen LogP contribution in [0.15, 0.2) is 12.1 Å². The van der Waals surface area contributed by atoms with Crippen molar-refractivity contribution in [3.63, 3.8) is 0 Å². The van der Waals surface area contributed by atoms with Gasteiger partial charge in [0.25, 0.3) is 0 Å². The van der Waals surface area contributed by atoms with E-state index in [-0.39, 0.29) is 23.9 Å². The maximum absolute atomic E-state index is 12.3. The highest BCUT2D eigenvalue weighted by molar-refractivity contribution is 6.02. The molecule has 1 fully saturated rings. The fraction of sp³-hybridized carbons (Fsp3) is 0.500. The van der Waals surface area contributed by atoms with Crippen LogP contribution in [0.2, 0.25) is 0 Å². The number of benzene rings is 1. The first-order valence-corrected chi connectivity index (χ1v) is 7.54. The molecule has 1 atom stereocenters. The fourth-order valence-electron chi connectivity index (χ4n) is 2.44. The Kier molecular flexibility index (Phi) is 6.39. The third-order valence-electron chi connectivity index (χ3n) is 3.63. The number of morpholine rings is 1. The van der Waals surface area contributed by atoms with Crippen LogP contribution in [0.5, 0.6) is 11.5 Å². The molecule has 2 N–H and O–H groups in total. The van der Waals surface area contributed by atoms with Gasteiger partial charge in [0, 0.05) is 31.1 Å². The molecule has 8 nitrogen and oxygen atoms in total. The van der Waals surface area contributed by atoms with Gasteiger partial charge in [0.15, 0.2) is 11.5 Å². The van der Waals surface area contributed by atoms with Gasteiger partial charge < -0.3 is 29.6 Å². The first-order chi connectivity index (χ1) is 11.6. The average Bonchev–Trinajstić information content (AvgIpc) is 2.61. The van der Waals surface area contributed by atoms with E-state index in [2.05, 4.69) is 10.6 Å². The second-order valence-corrected chi connectivity index (χ2v) is 5.22. The van der Waals surface area contributed by atoms with Crippen molar-refractivity contribution in [1.82, 2.24) is 5.32 Å². The molecule has 1 amide bonds. The Bertz CT molecular complexity index is 598. The van der Waals surface area contributed by atoms with Crippen LogP contribution >= 0.6 is 0 Å². The van der Waals surface area contributed by atoms with Crippen molar-refractivity contribution in [2.75, 3.05) is 46.4 Å². The van der Waals surface area contributed by atoms with Gasteiger partial charge in [-0.2, -0.15) is 0 Å². The van der Waals surface area contributed by atoms with E-state index in [1.807, 2.05) is 0 Å². The third-order valence-corrected chi connectivity index (χ3v) is 3.63. The van der Waals surface area contributed by atoms with Crippen molar-refractivity contribution in [2.45, 2.75) is 12.5 Å². The number of nitrogens with one attached hydrogen (secondary N) is 2. The number of hydrogen-bond donors (Lipinski definition) is 2. The molecular weight excluding hydrogens is 316 g/mol. The van der Waals surface area contributed by atoms with Crippen LogP contribution in [-0.4, -0.2) is 59.0 Å². The Morgan fingerprint density at radius 3 is 2.54 bits per heavy atom. The minimum absolute atomic E-state index is 0.0551. The van der Waals surface area contributed by atoms with E-state index in [1.165, 1.54) is 33.5 Å². The number of ether oxygens (including phenoxy) is 4. The van der Waals surface area contributed by atoms with Gasteiger partial charge in [-0.15, -0.1) is 0 Å². The monoisotopic (exact) mass is 338 g/mol. The van der Waals surface area contributed by atoms with Gasteiger partial charge in [0.05, 0.1) is 45.8 Å². The number of hydrogen-bond acceptors (Lipinski definition) is 7. The largest absolute Gasteiger partial charge is 0.493 e. The number of rotatable bonds is 6. The SMILES string of the molecule is COC(=O)c1cc(OC)c(OC)cc1NC(=O)CC1COCCN1. The number of carbonyl (C=O) groups is 2. The molecule has 0 bridgehead atoms. The molecule has 1 saturated heterocycles. The van der Waals surface area contributed by atoms with Crippen molar-refractivity contribution < 1.29 is 28.5 Å². The molecule has 8 heteroatoms. The summed E-state index contributed by atoms with van der Waals surface area (Å²) in [5.74, 6) is -0.0430. The zero-order valence-corrected chi connectivity index (χ0v) is 14.0. The van der Waals surface area contributed by atoms with Crippen LogP contribution in [-0.2, 0) is 14.3 Å². The average molecular weight is 338 g/mol. The highest BCUT2D eigenvalue weighted by Gasteiger charge is 2.21. The number of esters is 1. The lowest BCUT2D eigenvalue weighted by Gasteiger charge is -2.23. The van der Waals surface area contributed by atoms with E-state index in [1.54, 1.807) is 0 Å².